The molecule has 118 valence electrons. The molecule has 2 aromatic carbocycles. The molecular weight excluding hydrogens is 327 g/mol. The highest BCUT2D eigenvalue weighted by Crippen LogP contribution is 2.47. The lowest BCUT2D eigenvalue weighted by atomic mass is 10.2. The highest BCUT2D eigenvalue weighted by molar-refractivity contribution is 6.31. The molecule has 3 aromatic rings. The van der Waals surface area contributed by atoms with Crippen molar-refractivity contribution in [1.29, 1.82) is 0 Å². The van der Waals surface area contributed by atoms with Crippen LogP contribution >= 0.6 is 23.2 Å². The number of H-pyrrole nitrogens is 1. The second kappa shape index (κ2) is 6.20. The Morgan fingerprint density at radius 1 is 1.00 bits per heavy atom. The standard InChI is InChI=1S/C19H18Cl2N2/c20-15-3-1-12(2-4-15)10-22-11-14-8-17(14)19-9-13-7-16(21)5-6-18(13)23-19/h1-7,9,14,17,22-23H,8,10-11H2/t14-,17-/m0/s1. The minimum absolute atomic E-state index is 0.638. The topological polar surface area (TPSA) is 27.8 Å². The fraction of sp³-hybridized carbons (Fsp3) is 0.263. The summed E-state index contributed by atoms with van der Waals surface area (Å²) >= 11 is 12.0. The third kappa shape index (κ3) is 3.40. The first kappa shape index (κ1) is 15.1. The molecule has 4 heteroatoms. The minimum Gasteiger partial charge on any atom is -0.358 e. The SMILES string of the molecule is Clc1ccc(CNC[C@@H]2C[C@@H]2c2cc3cc(Cl)ccc3[nH]2)cc1. The molecule has 4 rings (SSSR count). The van der Waals surface area contributed by atoms with Gasteiger partial charge < -0.3 is 10.3 Å². The third-order valence-corrected chi connectivity index (χ3v) is 5.06. The zero-order chi connectivity index (χ0) is 15.8. The summed E-state index contributed by atoms with van der Waals surface area (Å²) in [4.78, 5) is 3.53. The van der Waals surface area contributed by atoms with Crippen LogP contribution < -0.4 is 5.32 Å². The molecule has 0 aliphatic heterocycles. The number of nitrogens with one attached hydrogen (secondary N) is 2. The van der Waals surface area contributed by atoms with Gasteiger partial charge in [-0.2, -0.15) is 0 Å². The molecule has 0 bridgehead atoms. The Morgan fingerprint density at radius 2 is 1.78 bits per heavy atom. The second-order valence-electron chi connectivity index (χ2n) is 6.32. The molecule has 1 heterocycles. The molecule has 1 saturated carbocycles. The van der Waals surface area contributed by atoms with Crippen molar-refractivity contribution in [2.75, 3.05) is 6.54 Å². The van der Waals surface area contributed by atoms with Crippen LogP contribution in [0.1, 0.15) is 23.6 Å². The van der Waals surface area contributed by atoms with Crippen LogP contribution in [0.3, 0.4) is 0 Å². The summed E-state index contributed by atoms with van der Waals surface area (Å²) in [5, 5.41) is 6.33. The van der Waals surface area contributed by atoms with Crippen LogP contribution in [-0.4, -0.2) is 11.5 Å². The van der Waals surface area contributed by atoms with Gasteiger partial charge in [0, 0.05) is 39.1 Å². The average Bonchev–Trinajstić information content (AvgIpc) is 3.19. The Morgan fingerprint density at radius 3 is 2.61 bits per heavy atom. The van der Waals surface area contributed by atoms with E-state index in [0.29, 0.717) is 11.8 Å². The quantitative estimate of drug-likeness (QED) is 0.639. The predicted octanol–water partition coefficient (Wildman–Crippen LogP) is 5.37. The van der Waals surface area contributed by atoms with E-state index in [0.717, 1.165) is 23.1 Å². The Labute approximate surface area is 145 Å². The molecule has 0 spiro atoms. The van der Waals surface area contributed by atoms with Gasteiger partial charge in [-0.1, -0.05) is 35.3 Å². The molecule has 2 N–H and O–H groups in total. The van der Waals surface area contributed by atoms with E-state index < -0.39 is 0 Å². The first-order valence-electron chi connectivity index (χ1n) is 7.92. The molecule has 2 atom stereocenters. The monoisotopic (exact) mass is 344 g/mol. The first-order chi connectivity index (χ1) is 11.2. The van der Waals surface area contributed by atoms with Crippen LogP contribution in [0.4, 0.5) is 0 Å². The zero-order valence-corrected chi connectivity index (χ0v) is 14.2. The smallest absolute Gasteiger partial charge is 0.0457 e. The Kier molecular flexibility index (Phi) is 4.06. The number of halogens is 2. The summed E-state index contributed by atoms with van der Waals surface area (Å²) in [6, 6.07) is 16.3. The molecule has 1 aliphatic rings. The summed E-state index contributed by atoms with van der Waals surface area (Å²) in [6.45, 7) is 1.94. The number of hydrogen-bond donors (Lipinski definition) is 2. The maximum absolute atomic E-state index is 6.06. The molecule has 2 nitrogen and oxygen atoms in total. The van der Waals surface area contributed by atoms with Gasteiger partial charge in [0.2, 0.25) is 0 Å². The highest BCUT2D eigenvalue weighted by Gasteiger charge is 2.38. The Hall–Kier alpha value is -1.48. The van der Waals surface area contributed by atoms with E-state index in [9.17, 15) is 0 Å². The van der Waals surface area contributed by atoms with E-state index in [4.69, 9.17) is 23.2 Å². The van der Waals surface area contributed by atoms with Crippen molar-refractivity contribution in [3.8, 4) is 0 Å². The van der Waals surface area contributed by atoms with Crippen molar-refractivity contribution >= 4 is 34.1 Å². The lowest BCUT2D eigenvalue weighted by Crippen LogP contribution is -2.16. The Balaban J connectivity index is 1.33. The maximum Gasteiger partial charge on any atom is 0.0457 e. The van der Waals surface area contributed by atoms with Crippen molar-refractivity contribution in [2.24, 2.45) is 5.92 Å². The van der Waals surface area contributed by atoms with E-state index in [2.05, 4.69) is 34.6 Å². The van der Waals surface area contributed by atoms with Crippen LogP contribution in [0, 0.1) is 5.92 Å². The molecule has 0 radical (unpaired) electrons. The molecule has 0 saturated heterocycles. The molecular formula is C19H18Cl2N2. The van der Waals surface area contributed by atoms with E-state index >= 15 is 0 Å². The van der Waals surface area contributed by atoms with Gasteiger partial charge in [-0.15, -0.1) is 0 Å². The molecule has 1 aromatic heterocycles. The van der Waals surface area contributed by atoms with E-state index in [1.807, 2.05) is 24.3 Å². The van der Waals surface area contributed by atoms with Crippen molar-refractivity contribution < 1.29 is 0 Å². The number of aromatic amines is 1. The van der Waals surface area contributed by atoms with Gasteiger partial charge in [0.05, 0.1) is 0 Å². The van der Waals surface area contributed by atoms with Gasteiger partial charge in [-0.05, 0) is 60.8 Å². The average molecular weight is 345 g/mol. The minimum atomic E-state index is 0.638. The van der Waals surface area contributed by atoms with Gasteiger partial charge in [0.25, 0.3) is 0 Å². The summed E-state index contributed by atoms with van der Waals surface area (Å²) in [6.07, 6.45) is 1.24. The van der Waals surface area contributed by atoms with Crippen LogP contribution in [-0.2, 0) is 6.54 Å². The number of aromatic nitrogens is 1. The molecule has 1 aliphatic carbocycles. The fourth-order valence-electron chi connectivity index (χ4n) is 3.18. The summed E-state index contributed by atoms with van der Waals surface area (Å²) in [5.74, 6) is 1.35. The summed E-state index contributed by atoms with van der Waals surface area (Å²) < 4.78 is 0. The highest BCUT2D eigenvalue weighted by atomic mass is 35.5. The van der Waals surface area contributed by atoms with Crippen molar-refractivity contribution in [2.45, 2.75) is 18.9 Å². The van der Waals surface area contributed by atoms with E-state index in [1.54, 1.807) is 0 Å². The lowest BCUT2D eigenvalue weighted by molar-refractivity contribution is 0.626. The molecule has 23 heavy (non-hydrogen) atoms. The van der Waals surface area contributed by atoms with Gasteiger partial charge >= 0.3 is 0 Å². The third-order valence-electron chi connectivity index (χ3n) is 4.57. The fourth-order valence-corrected chi connectivity index (χ4v) is 3.49. The molecule has 1 fully saturated rings. The van der Waals surface area contributed by atoms with Gasteiger partial charge in [-0.3, -0.25) is 0 Å². The van der Waals surface area contributed by atoms with E-state index in [1.165, 1.54) is 28.6 Å². The summed E-state index contributed by atoms with van der Waals surface area (Å²) in [5.41, 5.74) is 3.77. The van der Waals surface area contributed by atoms with Crippen molar-refractivity contribution in [3.63, 3.8) is 0 Å². The van der Waals surface area contributed by atoms with Gasteiger partial charge in [-0.25, -0.2) is 0 Å². The van der Waals surface area contributed by atoms with E-state index in [-0.39, 0.29) is 0 Å². The van der Waals surface area contributed by atoms with Gasteiger partial charge in [0.15, 0.2) is 0 Å². The van der Waals surface area contributed by atoms with Crippen LogP contribution in [0.15, 0.2) is 48.5 Å². The lowest BCUT2D eigenvalue weighted by Gasteiger charge is -2.04. The second-order valence-corrected chi connectivity index (χ2v) is 7.19. The van der Waals surface area contributed by atoms with Crippen LogP contribution in [0.25, 0.3) is 10.9 Å². The maximum atomic E-state index is 6.06. The van der Waals surface area contributed by atoms with Crippen LogP contribution in [0.5, 0.6) is 0 Å². The zero-order valence-electron chi connectivity index (χ0n) is 12.7. The normalized spacial score (nSPS) is 20.1. The van der Waals surface area contributed by atoms with Crippen molar-refractivity contribution in [1.82, 2.24) is 10.3 Å². The first-order valence-corrected chi connectivity index (χ1v) is 8.68. The molecule has 0 amide bonds. The van der Waals surface area contributed by atoms with Crippen LogP contribution in [0.2, 0.25) is 10.0 Å². The van der Waals surface area contributed by atoms with Crippen molar-refractivity contribution in [3.05, 3.63) is 69.8 Å². The largest absolute Gasteiger partial charge is 0.358 e. The number of hydrogen-bond acceptors (Lipinski definition) is 1. The number of benzene rings is 2. The number of rotatable bonds is 5. The summed E-state index contributed by atoms with van der Waals surface area (Å²) in [7, 11) is 0. The Bertz CT molecular complexity index is 823. The predicted molar refractivity (Wildman–Crippen MR) is 97.3 cm³/mol. The molecule has 0 unspecified atom stereocenters. The van der Waals surface area contributed by atoms with Gasteiger partial charge in [0.1, 0.15) is 0 Å². The number of fused-ring (bicyclic) bond motifs is 1.